The van der Waals surface area contributed by atoms with Crippen LogP contribution in [0.15, 0.2) is 59.5 Å². The number of hydrogen-bond acceptors (Lipinski definition) is 5. The van der Waals surface area contributed by atoms with Crippen LogP contribution in [0, 0.1) is 24.2 Å². The smallest absolute Gasteiger partial charge is 0.294 e. The normalized spacial score (nSPS) is 22.0. The molecule has 0 radical (unpaired) electrons. The second kappa shape index (κ2) is 12.1. The Morgan fingerprint density at radius 1 is 1.18 bits per heavy atom. The molecule has 2 heterocycles. The van der Waals surface area contributed by atoms with Crippen molar-refractivity contribution in [2.75, 3.05) is 13.1 Å². The van der Waals surface area contributed by atoms with Gasteiger partial charge in [-0.25, -0.2) is 0 Å². The monoisotopic (exact) mass is 483 g/mol. The van der Waals surface area contributed by atoms with Crippen molar-refractivity contribution in [1.82, 2.24) is 10.2 Å². The first kappa shape index (κ1) is 25.9. The predicted molar refractivity (Wildman–Crippen MR) is 131 cm³/mol. The van der Waals surface area contributed by atoms with Crippen LogP contribution in [0.1, 0.15) is 43.2 Å². The van der Waals surface area contributed by atoms with Gasteiger partial charge in [-0.1, -0.05) is 48.0 Å². The van der Waals surface area contributed by atoms with E-state index in [4.69, 9.17) is 9.81 Å². The van der Waals surface area contributed by atoms with Gasteiger partial charge in [0, 0.05) is 6.54 Å². The third-order valence-electron chi connectivity index (χ3n) is 6.44. The molecule has 0 aliphatic carbocycles. The zero-order valence-electron chi connectivity index (χ0n) is 19.6. The van der Waals surface area contributed by atoms with Gasteiger partial charge in [-0.3, -0.25) is 9.35 Å². The lowest BCUT2D eigenvalue weighted by atomic mass is 9.96. The van der Waals surface area contributed by atoms with Crippen LogP contribution in [0.3, 0.4) is 0 Å². The van der Waals surface area contributed by atoms with Gasteiger partial charge in [0.15, 0.2) is 0 Å². The molecule has 4 rings (SSSR count). The minimum absolute atomic E-state index is 0.0666. The summed E-state index contributed by atoms with van der Waals surface area (Å²) in [7, 11) is -4.02. The molecular weight excluding hydrogens is 450 g/mol. The molecule has 8 heteroatoms. The van der Waals surface area contributed by atoms with Crippen molar-refractivity contribution in [2.45, 2.75) is 62.4 Å². The number of nitriles is 1. The first-order valence-corrected chi connectivity index (χ1v) is 13.2. The molecule has 3 atom stereocenters. The van der Waals surface area contributed by atoms with E-state index in [0.29, 0.717) is 5.92 Å². The van der Waals surface area contributed by atoms with Gasteiger partial charge in [0.2, 0.25) is 5.91 Å². The summed E-state index contributed by atoms with van der Waals surface area (Å²) in [4.78, 5) is 14.3. The van der Waals surface area contributed by atoms with Gasteiger partial charge in [-0.05, 0) is 75.6 Å². The van der Waals surface area contributed by atoms with Crippen LogP contribution in [-0.2, 0) is 21.3 Å². The van der Waals surface area contributed by atoms with Crippen molar-refractivity contribution in [3.63, 3.8) is 0 Å². The molecule has 2 aliphatic heterocycles. The summed E-state index contributed by atoms with van der Waals surface area (Å²) in [6, 6.07) is 18.5. The first-order valence-electron chi connectivity index (χ1n) is 11.8. The van der Waals surface area contributed by atoms with E-state index >= 15 is 0 Å². The lowest BCUT2D eigenvalue weighted by molar-refractivity contribution is -0.133. The second-order valence-corrected chi connectivity index (χ2v) is 10.5. The number of likely N-dealkylation sites (tertiary alicyclic amines) is 1. The second-order valence-electron chi connectivity index (χ2n) is 9.05. The summed E-state index contributed by atoms with van der Waals surface area (Å²) < 4.78 is 29.6. The van der Waals surface area contributed by atoms with Crippen LogP contribution < -0.4 is 5.32 Å². The van der Waals surface area contributed by atoms with Gasteiger partial charge >= 0.3 is 0 Å². The van der Waals surface area contributed by atoms with Crippen molar-refractivity contribution in [3.05, 3.63) is 65.7 Å². The van der Waals surface area contributed by atoms with E-state index in [2.05, 4.69) is 35.7 Å². The summed E-state index contributed by atoms with van der Waals surface area (Å²) in [5, 5.41) is 12.5. The number of carbonyl (C=O) groups excluding carboxylic acids is 1. The molecule has 0 bridgehead atoms. The fourth-order valence-electron chi connectivity index (χ4n) is 4.53. The number of hydrogen-bond donors (Lipinski definition) is 2. The van der Waals surface area contributed by atoms with Gasteiger partial charge < -0.3 is 10.2 Å². The van der Waals surface area contributed by atoms with Crippen molar-refractivity contribution < 1.29 is 17.8 Å². The fourth-order valence-corrected chi connectivity index (χ4v) is 5.01. The van der Waals surface area contributed by atoms with Gasteiger partial charge in [-0.2, -0.15) is 13.7 Å². The van der Waals surface area contributed by atoms with E-state index in [9.17, 15) is 13.2 Å². The average Bonchev–Trinajstić information content (AvgIpc) is 3.49. The molecule has 34 heavy (non-hydrogen) atoms. The third kappa shape index (κ3) is 7.39. The molecule has 0 aromatic heterocycles. The highest BCUT2D eigenvalue weighted by atomic mass is 32.2. The van der Waals surface area contributed by atoms with Crippen molar-refractivity contribution in [1.29, 1.82) is 5.26 Å². The summed E-state index contributed by atoms with van der Waals surface area (Å²) in [6.45, 7) is 3.51. The zero-order chi connectivity index (χ0) is 24.6. The Hall–Kier alpha value is -2.73. The molecule has 182 valence electrons. The third-order valence-corrected chi connectivity index (χ3v) is 7.31. The van der Waals surface area contributed by atoms with Crippen molar-refractivity contribution in [2.24, 2.45) is 5.92 Å². The zero-order valence-corrected chi connectivity index (χ0v) is 20.4. The van der Waals surface area contributed by atoms with Crippen LogP contribution in [0.5, 0.6) is 0 Å². The van der Waals surface area contributed by atoms with Crippen molar-refractivity contribution >= 4 is 16.0 Å². The number of rotatable bonds is 6. The number of nitrogens with zero attached hydrogens (tertiary/aromatic N) is 2. The fraction of sp³-hybridized carbons (Fsp3) is 0.462. The SMILES string of the molecule is Cc1ccc(S(=O)(=O)O)cc1.N#C[C@@H]1CCCN1C(=O)[C@@H]1C[C@H](CCCc2ccccc2)CN1. The van der Waals surface area contributed by atoms with Gasteiger partial charge in [0.1, 0.15) is 6.04 Å². The Kier molecular flexibility index (Phi) is 9.22. The lowest BCUT2D eigenvalue weighted by Gasteiger charge is -2.23. The Balaban J connectivity index is 0.000000248. The number of amides is 1. The topological polar surface area (TPSA) is 110 Å². The lowest BCUT2D eigenvalue weighted by Crippen LogP contribution is -2.45. The van der Waals surface area contributed by atoms with Gasteiger partial charge in [0.25, 0.3) is 10.1 Å². The van der Waals surface area contributed by atoms with E-state index in [-0.39, 0.29) is 22.9 Å². The van der Waals surface area contributed by atoms with Crippen LogP contribution in [-0.4, -0.2) is 49.0 Å². The van der Waals surface area contributed by atoms with Crippen LogP contribution >= 0.6 is 0 Å². The van der Waals surface area contributed by atoms with Gasteiger partial charge in [0.05, 0.1) is 17.0 Å². The number of aryl methyl sites for hydroxylation is 2. The molecule has 0 spiro atoms. The predicted octanol–water partition coefficient (Wildman–Crippen LogP) is 3.74. The number of carbonyl (C=O) groups is 1. The van der Waals surface area contributed by atoms with E-state index in [1.807, 2.05) is 13.0 Å². The highest BCUT2D eigenvalue weighted by Gasteiger charge is 2.36. The molecule has 0 saturated carbocycles. The summed E-state index contributed by atoms with van der Waals surface area (Å²) in [5.41, 5.74) is 2.34. The molecule has 2 aromatic carbocycles. The summed E-state index contributed by atoms with van der Waals surface area (Å²) in [6.07, 6.45) is 6.14. The Morgan fingerprint density at radius 3 is 2.53 bits per heavy atom. The Labute approximate surface area is 202 Å². The molecule has 1 amide bonds. The van der Waals surface area contributed by atoms with Crippen molar-refractivity contribution in [3.8, 4) is 6.07 Å². The average molecular weight is 484 g/mol. The minimum Gasteiger partial charge on any atom is -0.325 e. The van der Waals surface area contributed by atoms with E-state index < -0.39 is 10.1 Å². The highest BCUT2D eigenvalue weighted by molar-refractivity contribution is 7.85. The molecule has 2 aromatic rings. The van der Waals surface area contributed by atoms with Gasteiger partial charge in [-0.15, -0.1) is 0 Å². The maximum Gasteiger partial charge on any atom is 0.294 e. The largest absolute Gasteiger partial charge is 0.325 e. The Bertz CT molecular complexity index is 1080. The summed E-state index contributed by atoms with van der Waals surface area (Å²) >= 11 is 0. The number of nitrogens with one attached hydrogen (secondary N) is 1. The van der Waals surface area contributed by atoms with E-state index in [1.165, 1.54) is 24.1 Å². The molecule has 2 N–H and O–H groups in total. The van der Waals surface area contributed by atoms with Crippen LogP contribution in [0.4, 0.5) is 0 Å². The summed E-state index contributed by atoms with van der Waals surface area (Å²) in [5.74, 6) is 0.718. The molecule has 2 fully saturated rings. The van der Waals surface area contributed by atoms with E-state index in [1.54, 1.807) is 17.0 Å². The molecule has 0 unspecified atom stereocenters. The maximum absolute atomic E-state index is 12.6. The van der Waals surface area contributed by atoms with Crippen LogP contribution in [0.25, 0.3) is 0 Å². The maximum atomic E-state index is 12.6. The van der Waals surface area contributed by atoms with E-state index in [0.717, 1.165) is 50.8 Å². The molecule has 2 saturated heterocycles. The molecule has 2 aliphatic rings. The quantitative estimate of drug-likeness (QED) is 0.606. The Morgan fingerprint density at radius 2 is 1.88 bits per heavy atom. The minimum atomic E-state index is -4.02. The highest BCUT2D eigenvalue weighted by Crippen LogP contribution is 2.24. The standard InChI is InChI=1S/C19H25N3O.C7H8O3S/c20-13-17-10-5-11-22(17)19(23)18-12-16(14-21-18)9-4-8-15-6-2-1-3-7-15;1-6-2-4-7(5-3-6)11(8,9)10/h1-3,6-7,16-18,21H,4-5,8-12,14H2;2-5H,1H3,(H,8,9,10)/t16-,17-,18-;/m0./s1. The van der Waals surface area contributed by atoms with Crippen LogP contribution in [0.2, 0.25) is 0 Å². The number of benzene rings is 2. The first-order chi connectivity index (χ1) is 16.3. The molecule has 7 nitrogen and oxygen atoms in total. The molecular formula is C26H33N3O4S.